The van der Waals surface area contributed by atoms with Gasteiger partial charge in [-0.1, -0.05) is 13.8 Å². The van der Waals surface area contributed by atoms with Gasteiger partial charge in [0, 0.05) is 6.42 Å². The fraction of sp³-hybridized carbons (Fsp3) is 0.917. The summed E-state index contributed by atoms with van der Waals surface area (Å²) < 4.78 is 29.8. The first-order valence-corrected chi connectivity index (χ1v) is 6.90. The molecule has 0 radical (unpaired) electrons. The standard InChI is InChI=1S/C12H22F2O2S/c1-9(2)10(11(15)16-4)17-8-6-5-7-12(3,13)14/h9-10H,5-8H2,1-4H3. The zero-order valence-corrected chi connectivity index (χ0v) is 11.8. The molecule has 0 saturated carbocycles. The van der Waals surface area contributed by atoms with E-state index in [0.717, 1.165) is 6.92 Å². The van der Waals surface area contributed by atoms with E-state index in [1.807, 2.05) is 13.8 Å². The molecular weight excluding hydrogens is 246 g/mol. The van der Waals surface area contributed by atoms with Crippen LogP contribution in [-0.2, 0) is 9.53 Å². The van der Waals surface area contributed by atoms with Crippen LogP contribution in [-0.4, -0.2) is 30.0 Å². The highest BCUT2D eigenvalue weighted by Crippen LogP contribution is 2.24. The molecule has 0 aliphatic carbocycles. The quantitative estimate of drug-likeness (QED) is 0.495. The van der Waals surface area contributed by atoms with Crippen molar-refractivity contribution in [3.05, 3.63) is 0 Å². The molecule has 0 bridgehead atoms. The van der Waals surface area contributed by atoms with Crippen LogP contribution in [0.2, 0.25) is 0 Å². The number of unbranched alkanes of at least 4 members (excludes halogenated alkanes) is 1. The van der Waals surface area contributed by atoms with E-state index >= 15 is 0 Å². The maximum atomic E-state index is 12.5. The second-order valence-electron chi connectivity index (χ2n) is 4.59. The third kappa shape index (κ3) is 8.41. The first-order valence-electron chi connectivity index (χ1n) is 5.85. The van der Waals surface area contributed by atoms with Crippen LogP contribution in [0.1, 0.15) is 40.0 Å². The summed E-state index contributed by atoms with van der Waals surface area (Å²) in [6.07, 6.45) is 1.11. The lowest BCUT2D eigenvalue weighted by atomic mass is 10.1. The van der Waals surface area contributed by atoms with Gasteiger partial charge >= 0.3 is 5.97 Å². The third-order valence-corrected chi connectivity index (χ3v) is 3.97. The summed E-state index contributed by atoms with van der Waals surface area (Å²) in [5.74, 6) is -1.90. The number of ether oxygens (including phenoxy) is 1. The summed E-state index contributed by atoms with van der Waals surface area (Å²) in [6.45, 7) is 4.84. The zero-order valence-electron chi connectivity index (χ0n) is 11.0. The monoisotopic (exact) mass is 268 g/mol. The average molecular weight is 268 g/mol. The predicted molar refractivity (Wildman–Crippen MR) is 67.6 cm³/mol. The molecule has 0 spiro atoms. The van der Waals surface area contributed by atoms with Crippen LogP contribution in [0.25, 0.3) is 0 Å². The SMILES string of the molecule is COC(=O)C(SCCCCC(C)(F)F)C(C)C. The molecule has 1 unspecified atom stereocenters. The minimum absolute atomic E-state index is 0.0852. The Kier molecular flexibility index (Phi) is 7.75. The number of thioether (sulfide) groups is 1. The number of rotatable bonds is 8. The average Bonchev–Trinajstić information content (AvgIpc) is 2.20. The third-order valence-electron chi connectivity index (χ3n) is 2.35. The minimum Gasteiger partial charge on any atom is -0.468 e. The van der Waals surface area contributed by atoms with E-state index in [4.69, 9.17) is 4.74 Å². The van der Waals surface area contributed by atoms with Crippen molar-refractivity contribution in [2.24, 2.45) is 5.92 Å². The van der Waals surface area contributed by atoms with Gasteiger partial charge in [-0.25, -0.2) is 8.78 Å². The summed E-state index contributed by atoms with van der Waals surface area (Å²) in [6, 6.07) is 0. The topological polar surface area (TPSA) is 26.3 Å². The first kappa shape index (κ1) is 16.7. The van der Waals surface area contributed by atoms with Crippen molar-refractivity contribution in [1.82, 2.24) is 0 Å². The molecule has 0 aromatic rings. The summed E-state index contributed by atoms with van der Waals surface area (Å²) in [4.78, 5) is 11.4. The van der Waals surface area contributed by atoms with Gasteiger partial charge < -0.3 is 4.74 Å². The molecule has 17 heavy (non-hydrogen) atoms. The molecule has 1 atom stereocenters. The van der Waals surface area contributed by atoms with Crippen LogP contribution in [0, 0.1) is 5.92 Å². The second-order valence-corrected chi connectivity index (χ2v) is 5.84. The number of halogens is 2. The van der Waals surface area contributed by atoms with Crippen LogP contribution in [0.4, 0.5) is 8.78 Å². The number of methoxy groups -OCH3 is 1. The number of hydrogen-bond donors (Lipinski definition) is 0. The van der Waals surface area contributed by atoms with Gasteiger partial charge in [0.2, 0.25) is 5.92 Å². The Morgan fingerprint density at radius 3 is 2.35 bits per heavy atom. The summed E-state index contributed by atoms with van der Waals surface area (Å²) >= 11 is 1.49. The van der Waals surface area contributed by atoms with Crippen LogP contribution in [0.15, 0.2) is 0 Å². The molecule has 0 aliphatic rings. The Morgan fingerprint density at radius 1 is 1.35 bits per heavy atom. The van der Waals surface area contributed by atoms with Crippen molar-refractivity contribution < 1.29 is 18.3 Å². The lowest BCUT2D eigenvalue weighted by Crippen LogP contribution is -2.24. The van der Waals surface area contributed by atoms with E-state index < -0.39 is 5.92 Å². The van der Waals surface area contributed by atoms with Gasteiger partial charge in [-0.05, 0) is 31.4 Å². The first-order chi connectivity index (χ1) is 7.78. The highest BCUT2D eigenvalue weighted by molar-refractivity contribution is 8.00. The lowest BCUT2D eigenvalue weighted by molar-refractivity contribution is -0.140. The zero-order chi connectivity index (χ0) is 13.5. The van der Waals surface area contributed by atoms with Crippen molar-refractivity contribution in [3.63, 3.8) is 0 Å². The van der Waals surface area contributed by atoms with E-state index in [0.29, 0.717) is 18.6 Å². The summed E-state index contributed by atoms with van der Waals surface area (Å²) in [5, 5.41) is -0.192. The molecule has 0 fully saturated rings. The van der Waals surface area contributed by atoms with Gasteiger partial charge in [0.25, 0.3) is 0 Å². The Morgan fingerprint density at radius 2 is 1.94 bits per heavy atom. The fourth-order valence-corrected chi connectivity index (χ4v) is 2.64. The minimum atomic E-state index is -2.58. The maximum absolute atomic E-state index is 12.5. The Bertz CT molecular complexity index is 227. The molecule has 0 aliphatic heterocycles. The second kappa shape index (κ2) is 7.90. The highest BCUT2D eigenvalue weighted by Gasteiger charge is 2.23. The molecule has 5 heteroatoms. The van der Waals surface area contributed by atoms with Crippen molar-refractivity contribution >= 4 is 17.7 Å². The van der Waals surface area contributed by atoms with Crippen LogP contribution >= 0.6 is 11.8 Å². The number of hydrogen-bond acceptors (Lipinski definition) is 3. The highest BCUT2D eigenvalue weighted by atomic mass is 32.2. The Balaban J connectivity index is 3.80. The van der Waals surface area contributed by atoms with Crippen molar-refractivity contribution in [2.45, 2.75) is 51.2 Å². The van der Waals surface area contributed by atoms with Gasteiger partial charge in [-0.15, -0.1) is 11.8 Å². The normalized spacial score (nSPS) is 13.8. The van der Waals surface area contributed by atoms with Crippen molar-refractivity contribution in [1.29, 1.82) is 0 Å². The fourth-order valence-electron chi connectivity index (χ4n) is 1.40. The number of alkyl halides is 2. The Hall–Kier alpha value is -0.320. The molecule has 0 amide bonds. The molecule has 0 rings (SSSR count). The van der Waals surface area contributed by atoms with Crippen LogP contribution in [0.5, 0.6) is 0 Å². The maximum Gasteiger partial charge on any atom is 0.319 e. The molecule has 0 saturated heterocycles. The number of carbonyl (C=O) groups excluding carboxylic acids is 1. The molecule has 2 nitrogen and oxygen atoms in total. The largest absolute Gasteiger partial charge is 0.468 e. The smallest absolute Gasteiger partial charge is 0.319 e. The van der Waals surface area contributed by atoms with E-state index in [1.54, 1.807) is 0 Å². The summed E-state index contributed by atoms with van der Waals surface area (Å²) in [7, 11) is 1.37. The van der Waals surface area contributed by atoms with Crippen molar-refractivity contribution in [2.75, 3.05) is 12.9 Å². The molecule has 0 aromatic carbocycles. The van der Waals surface area contributed by atoms with Crippen molar-refractivity contribution in [3.8, 4) is 0 Å². The van der Waals surface area contributed by atoms with E-state index in [2.05, 4.69) is 0 Å². The molecular formula is C12H22F2O2S. The molecule has 102 valence electrons. The van der Waals surface area contributed by atoms with Gasteiger partial charge in [0.05, 0.1) is 7.11 Å². The number of carbonyl (C=O) groups is 1. The van der Waals surface area contributed by atoms with Crippen LogP contribution in [0.3, 0.4) is 0 Å². The van der Waals surface area contributed by atoms with E-state index in [-0.39, 0.29) is 23.6 Å². The molecule has 0 aromatic heterocycles. The van der Waals surface area contributed by atoms with Gasteiger partial charge in [0.1, 0.15) is 5.25 Å². The van der Waals surface area contributed by atoms with E-state index in [1.165, 1.54) is 18.9 Å². The van der Waals surface area contributed by atoms with Gasteiger partial charge in [-0.3, -0.25) is 4.79 Å². The van der Waals surface area contributed by atoms with Gasteiger partial charge in [-0.2, -0.15) is 0 Å². The van der Waals surface area contributed by atoms with Gasteiger partial charge in [0.15, 0.2) is 0 Å². The number of esters is 1. The summed E-state index contributed by atoms with van der Waals surface area (Å²) in [5.41, 5.74) is 0. The Labute approximate surface area is 106 Å². The van der Waals surface area contributed by atoms with E-state index in [9.17, 15) is 13.6 Å². The predicted octanol–water partition coefficient (Wildman–Crippen LogP) is 3.74. The van der Waals surface area contributed by atoms with Crippen LogP contribution < -0.4 is 0 Å². The molecule has 0 N–H and O–H groups in total. The molecule has 0 heterocycles. The lowest BCUT2D eigenvalue weighted by Gasteiger charge is -2.17.